The molecule has 1 aromatic heterocycles. The van der Waals surface area contributed by atoms with Crippen molar-refractivity contribution in [3.8, 4) is 0 Å². The molecule has 1 N–H and O–H groups in total. The zero-order valence-corrected chi connectivity index (χ0v) is 13.1. The molecule has 1 fully saturated rings. The van der Waals surface area contributed by atoms with Gasteiger partial charge >= 0.3 is 6.09 Å². The summed E-state index contributed by atoms with van der Waals surface area (Å²) in [6.45, 7) is 5.33. The lowest BCUT2D eigenvalue weighted by molar-refractivity contribution is 0.103. The van der Waals surface area contributed by atoms with Gasteiger partial charge in [0.05, 0.1) is 12.7 Å². The molecule has 1 amide bonds. The van der Waals surface area contributed by atoms with Crippen molar-refractivity contribution in [3.05, 3.63) is 41.2 Å². The van der Waals surface area contributed by atoms with Gasteiger partial charge in [-0.15, -0.1) is 0 Å². The molecule has 0 radical (unpaired) electrons. The summed E-state index contributed by atoms with van der Waals surface area (Å²) in [5.74, 6) is -0.228. The molecule has 7 heteroatoms. The molecule has 1 unspecified atom stereocenters. The number of nitrogens with one attached hydrogen (secondary N) is 1. The molecular formula is C15H18ClN3O3. The van der Waals surface area contributed by atoms with Crippen LogP contribution < -0.4 is 5.32 Å². The van der Waals surface area contributed by atoms with Gasteiger partial charge in [0.25, 0.3) is 0 Å². The quantitative estimate of drug-likeness (QED) is 0.509. The molecule has 0 spiro atoms. The predicted molar refractivity (Wildman–Crippen MR) is 83.1 cm³/mol. The first-order chi connectivity index (χ1) is 10.5. The van der Waals surface area contributed by atoms with E-state index in [1.807, 2.05) is 0 Å². The first-order valence-electron chi connectivity index (χ1n) is 6.92. The van der Waals surface area contributed by atoms with E-state index in [4.69, 9.17) is 11.6 Å². The van der Waals surface area contributed by atoms with Crippen molar-refractivity contribution in [2.24, 2.45) is 0 Å². The van der Waals surface area contributed by atoms with Gasteiger partial charge in [0, 0.05) is 37.4 Å². The number of ether oxygens (including phenoxy) is 1. The summed E-state index contributed by atoms with van der Waals surface area (Å²) < 4.78 is 4.68. The third-order valence-corrected chi connectivity index (χ3v) is 3.85. The lowest BCUT2D eigenvalue weighted by Crippen LogP contribution is -2.36. The zero-order valence-electron chi connectivity index (χ0n) is 12.3. The minimum absolute atomic E-state index is 0.119. The Balaban J connectivity index is 1.85. The summed E-state index contributed by atoms with van der Waals surface area (Å²) in [6.07, 6.45) is 2.01. The van der Waals surface area contributed by atoms with Crippen molar-refractivity contribution in [1.29, 1.82) is 0 Å². The van der Waals surface area contributed by atoms with Crippen molar-refractivity contribution < 1.29 is 14.3 Å². The van der Waals surface area contributed by atoms with Gasteiger partial charge in [-0.3, -0.25) is 4.79 Å². The van der Waals surface area contributed by atoms with Crippen LogP contribution in [-0.4, -0.2) is 54.5 Å². The highest BCUT2D eigenvalue weighted by molar-refractivity contribution is 6.33. The van der Waals surface area contributed by atoms with Crippen LogP contribution in [-0.2, 0) is 4.74 Å². The van der Waals surface area contributed by atoms with Gasteiger partial charge in [-0.05, 0) is 18.6 Å². The molecule has 1 aliphatic heterocycles. The molecule has 0 saturated carbocycles. The van der Waals surface area contributed by atoms with Crippen molar-refractivity contribution >= 4 is 23.5 Å². The average Bonchev–Trinajstić information content (AvgIpc) is 3.00. The SMILES string of the molecule is C=C(CNC1CCN(C(=O)OC)C1)C(=O)c1cccnc1Cl. The second kappa shape index (κ2) is 7.38. The van der Waals surface area contributed by atoms with E-state index in [1.165, 1.54) is 13.3 Å². The predicted octanol–water partition coefficient (Wildman–Crippen LogP) is 1.90. The van der Waals surface area contributed by atoms with Gasteiger partial charge < -0.3 is 15.0 Å². The lowest BCUT2D eigenvalue weighted by Gasteiger charge is -2.16. The highest BCUT2D eigenvalue weighted by Crippen LogP contribution is 2.16. The van der Waals surface area contributed by atoms with Gasteiger partial charge in [-0.1, -0.05) is 18.2 Å². The first-order valence-corrected chi connectivity index (χ1v) is 7.30. The Morgan fingerprint density at radius 3 is 3.05 bits per heavy atom. The topological polar surface area (TPSA) is 71.5 Å². The minimum atomic E-state index is -0.332. The molecular weight excluding hydrogens is 306 g/mol. The Hall–Kier alpha value is -1.92. The lowest BCUT2D eigenvalue weighted by atomic mass is 10.1. The van der Waals surface area contributed by atoms with E-state index in [9.17, 15) is 9.59 Å². The van der Waals surface area contributed by atoms with E-state index in [1.54, 1.807) is 17.0 Å². The van der Waals surface area contributed by atoms with Crippen molar-refractivity contribution in [1.82, 2.24) is 15.2 Å². The van der Waals surface area contributed by atoms with Gasteiger partial charge in [0.1, 0.15) is 5.15 Å². The molecule has 2 rings (SSSR count). The maximum Gasteiger partial charge on any atom is 0.409 e. The van der Waals surface area contributed by atoms with Gasteiger partial charge in [0.15, 0.2) is 5.78 Å². The van der Waals surface area contributed by atoms with Gasteiger partial charge in [-0.2, -0.15) is 0 Å². The highest BCUT2D eigenvalue weighted by atomic mass is 35.5. The minimum Gasteiger partial charge on any atom is -0.453 e. The molecule has 2 heterocycles. The number of hydrogen-bond acceptors (Lipinski definition) is 5. The van der Waals surface area contributed by atoms with E-state index in [0.717, 1.165) is 6.42 Å². The summed E-state index contributed by atoms with van der Waals surface area (Å²) in [5, 5.41) is 3.40. The maximum atomic E-state index is 12.2. The van der Waals surface area contributed by atoms with E-state index in [2.05, 4.69) is 21.6 Å². The molecule has 0 aromatic carbocycles. The standard InChI is InChI=1S/C15H18ClN3O3/c1-10(13(20)12-4-3-6-17-14(12)16)8-18-11-5-7-19(9-11)15(21)22-2/h3-4,6,11,18H,1,5,7-9H2,2H3. The molecule has 1 atom stereocenters. The Kier molecular flexibility index (Phi) is 5.51. The Bertz CT molecular complexity index is 591. The number of Topliss-reactive ketones (excluding diaryl/α,β-unsaturated/α-hetero) is 1. The third kappa shape index (κ3) is 3.84. The Morgan fingerprint density at radius 2 is 2.36 bits per heavy atom. The second-order valence-corrected chi connectivity index (χ2v) is 5.42. The molecule has 0 bridgehead atoms. The number of amides is 1. The van der Waals surface area contributed by atoms with Gasteiger partial charge in [0.2, 0.25) is 0 Å². The van der Waals surface area contributed by atoms with Crippen molar-refractivity contribution in [3.63, 3.8) is 0 Å². The van der Waals surface area contributed by atoms with Crippen molar-refractivity contribution in [2.75, 3.05) is 26.7 Å². The second-order valence-electron chi connectivity index (χ2n) is 5.06. The monoisotopic (exact) mass is 323 g/mol. The van der Waals surface area contributed by atoms with Crippen LogP contribution in [0, 0.1) is 0 Å². The summed E-state index contributed by atoms with van der Waals surface area (Å²) >= 11 is 5.91. The van der Waals surface area contributed by atoms with E-state index in [0.29, 0.717) is 30.8 Å². The largest absolute Gasteiger partial charge is 0.453 e. The maximum absolute atomic E-state index is 12.2. The van der Waals surface area contributed by atoms with Crippen molar-refractivity contribution in [2.45, 2.75) is 12.5 Å². The molecule has 1 aliphatic rings. The fraction of sp³-hybridized carbons (Fsp3) is 0.400. The number of halogens is 1. The number of ketones is 1. The van der Waals surface area contributed by atoms with Crippen LogP contribution in [0.1, 0.15) is 16.8 Å². The smallest absolute Gasteiger partial charge is 0.409 e. The van der Waals surface area contributed by atoms with Crippen LogP contribution in [0.5, 0.6) is 0 Å². The number of pyridine rings is 1. The number of nitrogens with zero attached hydrogens (tertiary/aromatic N) is 2. The van der Waals surface area contributed by atoms with Crippen LogP contribution in [0.4, 0.5) is 4.79 Å². The van der Waals surface area contributed by atoms with Crippen LogP contribution >= 0.6 is 11.6 Å². The summed E-state index contributed by atoms with van der Waals surface area (Å²) in [6, 6.07) is 3.40. The number of aromatic nitrogens is 1. The number of rotatable bonds is 5. The summed E-state index contributed by atoms with van der Waals surface area (Å²) in [5.41, 5.74) is 0.755. The van der Waals surface area contributed by atoms with Gasteiger partial charge in [-0.25, -0.2) is 9.78 Å². The number of hydrogen-bond donors (Lipinski definition) is 1. The van der Waals surface area contributed by atoms with Crippen LogP contribution in [0.25, 0.3) is 0 Å². The summed E-state index contributed by atoms with van der Waals surface area (Å²) in [4.78, 5) is 29.2. The first kappa shape index (κ1) is 16.5. The molecule has 6 nitrogen and oxygen atoms in total. The normalized spacial score (nSPS) is 17.4. The molecule has 1 saturated heterocycles. The number of carbonyl (C=O) groups excluding carboxylic acids is 2. The number of carbonyl (C=O) groups is 2. The fourth-order valence-electron chi connectivity index (χ4n) is 2.32. The molecule has 118 valence electrons. The van der Waals surface area contributed by atoms with E-state index < -0.39 is 0 Å². The molecule has 0 aliphatic carbocycles. The van der Waals surface area contributed by atoms with Crippen LogP contribution in [0.3, 0.4) is 0 Å². The van der Waals surface area contributed by atoms with Crippen LogP contribution in [0.15, 0.2) is 30.5 Å². The number of methoxy groups -OCH3 is 1. The average molecular weight is 324 g/mol. The summed E-state index contributed by atoms with van der Waals surface area (Å²) in [7, 11) is 1.36. The van der Waals surface area contributed by atoms with E-state index in [-0.39, 0.29) is 23.1 Å². The molecule has 22 heavy (non-hydrogen) atoms. The molecule has 1 aromatic rings. The Morgan fingerprint density at radius 1 is 1.59 bits per heavy atom. The highest BCUT2D eigenvalue weighted by Gasteiger charge is 2.26. The van der Waals surface area contributed by atoms with E-state index >= 15 is 0 Å². The van der Waals surface area contributed by atoms with Crippen LogP contribution in [0.2, 0.25) is 5.15 Å². The zero-order chi connectivity index (χ0) is 16.1. The number of likely N-dealkylation sites (tertiary alicyclic amines) is 1. The Labute approximate surface area is 134 Å². The fourth-order valence-corrected chi connectivity index (χ4v) is 2.52. The third-order valence-electron chi connectivity index (χ3n) is 3.55.